The molecular weight excluding hydrogens is 382 g/mol. The molecule has 0 saturated heterocycles. The van der Waals surface area contributed by atoms with E-state index in [1.807, 2.05) is 0 Å². The third-order valence-electron chi connectivity index (χ3n) is 3.69. The van der Waals surface area contributed by atoms with E-state index in [9.17, 15) is 9.90 Å². The van der Waals surface area contributed by atoms with Gasteiger partial charge in [0.05, 0.1) is 29.1 Å². The second kappa shape index (κ2) is 10.2. The third-order valence-corrected chi connectivity index (χ3v) is 4.36. The molecule has 0 radical (unpaired) electrons. The number of benzene rings is 2. The van der Waals surface area contributed by atoms with E-state index in [0.717, 1.165) is 11.3 Å². The normalized spacial score (nSPS) is 18.8. The number of thiazole rings is 1. The highest BCUT2D eigenvalue weighted by Gasteiger charge is 2.08. The van der Waals surface area contributed by atoms with Crippen LogP contribution in [0, 0.1) is 6.92 Å². The lowest BCUT2D eigenvalue weighted by atomic mass is 10.00. The van der Waals surface area contributed by atoms with Gasteiger partial charge in [-0.1, -0.05) is 48.2 Å². The summed E-state index contributed by atoms with van der Waals surface area (Å²) < 4.78 is 98.2. The second-order valence-electron chi connectivity index (χ2n) is 6.02. The molecule has 0 unspecified atom stereocenters. The molecule has 3 aromatic rings. The molecule has 0 aliphatic heterocycles. The fourth-order valence-electron chi connectivity index (χ4n) is 2.35. The molecule has 0 saturated carbocycles. The van der Waals surface area contributed by atoms with Gasteiger partial charge in [0.2, 0.25) is 5.91 Å². The van der Waals surface area contributed by atoms with Gasteiger partial charge < -0.3 is 16.2 Å². The first-order valence-electron chi connectivity index (χ1n) is 14.7. The molecule has 0 fully saturated rings. The summed E-state index contributed by atoms with van der Waals surface area (Å²) in [5, 5.41) is 13.9. The van der Waals surface area contributed by atoms with E-state index in [2.05, 4.69) is 10.3 Å². The van der Waals surface area contributed by atoms with Crippen molar-refractivity contribution in [2.45, 2.75) is 45.0 Å². The molecule has 1 aromatic heterocycles. The van der Waals surface area contributed by atoms with Crippen LogP contribution in [-0.2, 0) is 17.5 Å². The Bertz CT molecular complexity index is 1450. The van der Waals surface area contributed by atoms with E-state index in [1.54, 1.807) is 0 Å². The van der Waals surface area contributed by atoms with Crippen LogP contribution in [0.5, 0.6) is 0 Å². The molecule has 1 atom stereocenters. The number of aliphatic hydroxyl groups is 1. The highest BCUT2D eigenvalue weighted by molar-refractivity contribution is 7.13. The van der Waals surface area contributed by atoms with Crippen LogP contribution in [0.3, 0.4) is 0 Å². The van der Waals surface area contributed by atoms with E-state index < -0.39 is 72.3 Å². The van der Waals surface area contributed by atoms with Gasteiger partial charge >= 0.3 is 0 Å². The number of nitrogen functional groups attached to an aromatic ring is 1. The van der Waals surface area contributed by atoms with Gasteiger partial charge in [0, 0.05) is 16.6 Å². The molecule has 0 aliphatic carbocycles. The van der Waals surface area contributed by atoms with Crippen LogP contribution in [0.2, 0.25) is 0 Å². The number of aromatic nitrogens is 1. The van der Waals surface area contributed by atoms with Gasteiger partial charge in [-0.05, 0) is 49.4 Å². The molecule has 1 amide bonds. The Morgan fingerprint density at radius 2 is 2.10 bits per heavy atom. The van der Waals surface area contributed by atoms with Crippen LogP contribution >= 0.6 is 11.3 Å². The standard InChI is InChI=1S/C23H27N3O2S/c1-16-5-4-7-18(13-16)21(27)8-3-2-6-17-9-11-19(12-10-17)25-22(28)14-20-15-29-23(24)26-20/h4-5,7,9-13,15,21,27H,2-3,6,8,14H2,1H3,(H2,24,26)(H,25,28)/t21-/m0/s1/i4D,5D,6D2,7D,9D,10D,11D,12D,13D,14D2. The average Bonchev–Trinajstić information content (AvgIpc) is 3.34. The van der Waals surface area contributed by atoms with Crippen molar-refractivity contribution >= 4 is 28.1 Å². The third kappa shape index (κ3) is 6.69. The fraction of sp³-hybridized carbons (Fsp3) is 0.304. The van der Waals surface area contributed by atoms with Crippen LogP contribution in [0.4, 0.5) is 10.8 Å². The molecular formula is C23H27N3O2S. The van der Waals surface area contributed by atoms with Gasteiger partial charge in [-0.15, -0.1) is 11.3 Å². The molecule has 152 valence electrons. The molecule has 1 heterocycles. The molecule has 5 nitrogen and oxygen atoms in total. The molecule has 2 aromatic carbocycles. The number of hydrogen-bond acceptors (Lipinski definition) is 5. The lowest BCUT2D eigenvalue weighted by Gasteiger charge is -2.11. The van der Waals surface area contributed by atoms with Gasteiger partial charge in [-0.3, -0.25) is 4.79 Å². The van der Waals surface area contributed by atoms with Crippen molar-refractivity contribution in [3.63, 3.8) is 0 Å². The Morgan fingerprint density at radius 3 is 2.83 bits per heavy atom. The first-order valence-corrected chi connectivity index (χ1v) is 9.61. The molecule has 6 heteroatoms. The number of nitrogens with two attached hydrogens (primary N) is 1. The number of carbonyl (C=O) groups is 1. The summed E-state index contributed by atoms with van der Waals surface area (Å²) in [5.41, 5.74) is 3.92. The Balaban J connectivity index is 1.84. The number of nitrogens with one attached hydrogen (secondary N) is 1. The number of anilines is 2. The zero-order valence-electron chi connectivity index (χ0n) is 27.6. The van der Waals surface area contributed by atoms with Crippen molar-refractivity contribution in [1.82, 2.24) is 4.98 Å². The van der Waals surface area contributed by atoms with E-state index in [-0.39, 0.29) is 53.3 Å². The Morgan fingerprint density at radius 1 is 1.31 bits per heavy atom. The van der Waals surface area contributed by atoms with Gasteiger partial charge in [0.25, 0.3) is 0 Å². The molecule has 0 spiro atoms. The summed E-state index contributed by atoms with van der Waals surface area (Å²) in [6, 6.07) is -4.62. The minimum Gasteiger partial charge on any atom is -0.388 e. The highest BCUT2D eigenvalue weighted by Crippen LogP contribution is 2.21. The van der Waals surface area contributed by atoms with Crippen molar-refractivity contribution in [1.29, 1.82) is 0 Å². The lowest BCUT2D eigenvalue weighted by molar-refractivity contribution is -0.115. The molecule has 29 heavy (non-hydrogen) atoms. The predicted molar refractivity (Wildman–Crippen MR) is 119 cm³/mol. The Hall–Kier alpha value is -2.70. The van der Waals surface area contributed by atoms with Crippen LogP contribution in [0.1, 0.15) is 64.2 Å². The van der Waals surface area contributed by atoms with Crippen molar-refractivity contribution in [2.24, 2.45) is 0 Å². The smallest absolute Gasteiger partial charge is 0.230 e. The van der Waals surface area contributed by atoms with Gasteiger partial charge in [0.15, 0.2) is 5.13 Å². The number of rotatable bonds is 9. The van der Waals surface area contributed by atoms with Crippen LogP contribution in [-0.4, -0.2) is 16.0 Å². The number of carbonyl (C=O) groups excluding carboxylic acids is 1. The molecule has 3 rings (SSSR count). The first-order chi connectivity index (χ1) is 18.8. The van der Waals surface area contributed by atoms with Crippen LogP contribution in [0.15, 0.2) is 53.7 Å². The summed E-state index contributed by atoms with van der Waals surface area (Å²) in [6.45, 7) is 1.43. The predicted octanol–water partition coefficient (Wildman–Crippen LogP) is 4.66. The maximum Gasteiger partial charge on any atom is 0.230 e. The largest absolute Gasteiger partial charge is 0.388 e. The van der Waals surface area contributed by atoms with E-state index >= 15 is 0 Å². The zero-order chi connectivity index (χ0) is 31.2. The lowest BCUT2D eigenvalue weighted by Crippen LogP contribution is -2.14. The zero-order valence-corrected chi connectivity index (χ0v) is 16.4. The number of aliphatic hydroxyl groups excluding tert-OH is 1. The van der Waals surface area contributed by atoms with Crippen molar-refractivity contribution in [2.75, 3.05) is 11.1 Å². The quantitative estimate of drug-likeness (QED) is 0.469. The monoisotopic (exact) mass is 421 g/mol. The maximum absolute atomic E-state index is 12.7. The van der Waals surface area contributed by atoms with Crippen LogP contribution in [0.25, 0.3) is 0 Å². The molecule has 0 aliphatic rings. The summed E-state index contributed by atoms with van der Waals surface area (Å²) >= 11 is 0.901. The van der Waals surface area contributed by atoms with E-state index in [1.165, 1.54) is 12.3 Å². The van der Waals surface area contributed by atoms with Crippen molar-refractivity contribution in [3.8, 4) is 0 Å². The van der Waals surface area contributed by atoms with E-state index in [0.29, 0.717) is 0 Å². The number of amides is 1. The summed E-state index contributed by atoms with van der Waals surface area (Å²) in [4.78, 5) is 16.4. The maximum atomic E-state index is 12.7. The number of hydrogen-bond donors (Lipinski definition) is 3. The molecule has 0 bridgehead atoms. The minimum atomic E-state index is -2.72. The van der Waals surface area contributed by atoms with Gasteiger partial charge in [-0.2, -0.15) is 0 Å². The number of nitrogens with zero attached hydrogens (tertiary/aromatic N) is 1. The van der Waals surface area contributed by atoms with Crippen molar-refractivity contribution in [3.05, 3.63) is 76.1 Å². The van der Waals surface area contributed by atoms with Crippen molar-refractivity contribution < 1.29 is 26.4 Å². The van der Waals surface area contributed by atoms with Gasteiger partial charge in [0.1, 0.15) is 0 Å². The highest BCUT2D eigenvalue weighted by atomic mass is 32.1. The Kier molecular flexibility index (Phi) is 3.64. The Labute approximate surface area is 192 Å². The minimum absolute atomic E-state index is 0.0160. The summed E-state index contributed by atoms with van der Waals surface area (Å²) in [5.74, 6) is -1.32. The first kappa shape index (κ1) is 10.4. The molecule has 4 N–H and O–H groups in total. The summed E-state index contributed by atoms with van der Waals surface area (Å²) in [6.07, 6.45) is -7.19. The SMILES string of the molecule is [2H]c1c([2H])c(C)c([2H])c([C@@H](O)CCCC([2H])([2H])c2c([2H])c([2H])c(NC(=O)C([2H])([2H])c3csc(N)n3)c([2H])c2[2H])c1[2H]. The second-order valence-corrected chi connectivity index (χ2v) is 6.91. The fourth-order valence-corrected chi connectivity index (χ4v) is 2.84. The topological polar surface area (TPSA) is 88.2 Å². The summed E-state index contributed by atoms with van der Waals surface area (Å²) in [7, 11) is 0. The average molecular weight is 422 g/mol. The van der Waals surface area contributed by atoms with Crippen LogP contribution < -0.4 is 11.1 Å². The van der Waals surface area contributed by atoms with E-state index in [4.69, 9.17) is 22.2 Å². The van der Waals surface area contributed by atoms with Gasteiger partial charge in [-0.25, -0.2) is 4.98 Å².